The smallest absolute Gasteiger partial charge is 0.251 e. The van der Waals surface area contributed by atoms with Crippen molar-refractivity contribution in [2.75, 3.05) is 11.9 Å². The fourth-order valence-electron chi connectivity index (χ4n) is 2.51. The summed E-state index contributed by atoms with van der Waals surface area (Å²) in [4.78, 5) is 24.3. The van der Waals surface area contributed by atoms with E-state index in [4.69, 9.17) is 32.4 Å². The number of ether oxygens (including phenoxy) is 1. The highest BCUT2D eigenvalue weighted by Crippen LogP contribution is 2.22. The van der Waals surface area contributed by atoms with Gasteiger partial charge in [0.1, 0.15) is 12.4 Å². The number of anilines is 1. The predicted molar refractivity (Wildman–Crippen MR) is 111 cm³/mol. The Hall–Kier alpha value is -2.80. The first-order valence-electron chi connectivity index (χ1n) is 8.73. The number of hydrogen-bond acceptors (Lipinski definition) is 4. The normalized spacial score (nSPS) is 10.6. The van der Waals surface area contributed by atoms with E-state index in [-0.39, 0.29) is 17.5 Å². The molecule has 0 saturated heterocycles. The lowest BCUT2D eigenvalue weighted by molar-refractivity contribution is -0.115. The van der Waals surface area contributed by atoms with Crippen LogP contribution in [0, 0.1) is 0 Å². The Morgan fingerprint density at radius 3 is 2.59 bits per heavy atom. The van der Waals surface area contributed by atoms with Crippen LogP contribution < -0.4 is 10.6 Å². The first kappa shape index (κ1) is 20.9. The van der Waals surface area contributed by atoms with Gasteiger partial charge in [0.2, 0.25) is 5.91 Å². The molecule has 0 unspecified atom stereocenters. The van der Waals surface area contributed by atoms with Crippen molar-refractivity contribution in [3.63, 3.8) is 0 Å². The average molecular weight is 433 g/mol. The van der Waals surface area contributed by atoms with Crippen LogP contribution in [0.2, 0.25) is 10.0 Å². The maximum Gasteiger partial charge on any atom is 0.251 e. The number of nitrogens with one attached hydrogen (secondary N) is 2. The van der Waals surface area contributed by atoms with Crippen molar-refractivity contribution in [3.8, 4) is 0 Å². The monoisotopic (exact) mass is 432 g/mol. The molecule has 2 aromatic carbocycles. The summed E-state index contributed by atoms with van der Waals surface area (Å²) < 4.78 is 10.8. The second-order valence-corrected chi connectivity index (χ2v) is 6.95. The number of carbonyl (C=O) groups is 2. The Labute approximate surface area is 177 Å². The maximum atomic E-state index is 12.1. The van der Waals surface area contributed by atoms with Gasteiger partial charge in [-0.1, -0.05) is 35.3 Å². The van der Waals surface area contributed by atoms with Crippen LogP contribution >= 0.6 is 23.2 Å². The van der Waals surface area contributed by atoms with Crippen LogP contribution in [0.25, 0.3) is 0 Å². The zero-order valence-corrected chi connectivity index (χ0v) is 16.8. The fourth-order valence-corrected chi connectivity index (χ4v) is 2.81. The molecule has 8 heteroatoms. The molecule has 2 amide bonds. The number of halogens is 2. The molecule has 150 valence electrons. The SMILES string of the molecule is O=C(CNC(=O)c1ccc(Cl)c(Cl)c1)Nc1cccc(COCc2ccco2)c1. The van der Waals surface area contributed by atoms with E-state index in [0.717, 1.165) is 11.3 Å². The van der Waals surface area contributed by atoms with Crippen molar-refractivity contribution < 1.29 is 18.7 Å². The van der Waals surface area contributed by atoms with Gasteiger partial charge in [0.05, 0.1) is 29.5 Å². The van der Waals surface area contributed by atoms with E-state index in [1.807, 2.05) is 18.2 Å². The van der Waals surface area contributed by atoms with E-state index in [9.17, 15) is 9.59 Å². The zero-order chi connectivity index (χ0) is 20.6. The van der Waals surface area contributed by atoms with Crippen molar-refractivity contribution in [1.82, 2.24) is 5.32 Å². The first-order valence-corrected chi connectivity index (χ1v) is 9.49. The number of amides is 2. The summed E-state index contributed by atoms with van der Waals surface area (Å²) >= 11 is 11.7. The molecule has 1 aromatic heterocycles. The third kappa shape index (κ3) is 6.35. The average Bonchev–Trinajstić information content (AvgIpc) is 3.22. The molecule has 6 nitrogen and oxygen atoms in total. The lowest BCUT2D eigenvalue weighted by Gasteiger charge is -2.09. The molecule has 0 aliphatic rings. The zero-order valence-electron chi connectivity index (χ0n) is 15.3. The van der Waals surface area contributed by atoms with Crippen LogP contribution in [-0.2, 0) is 22.7 Å². The minimum Gasteiger partial charge on any atom is -0.467 e. The van der Waals surface area contributed by atoms with Gasteiger partial charge in [-0.25, -0.2) is 0 Å². The van der Waals surface area contributed by atoms with E-state index < -0.39 is 5.91 Å². The number of rotatable bonds is 8. The Bertz CT molecular complexity index is 990. The Morgan fingerprint density at radius 2 is 1.83 bits per heavy atom. The Morgan fingerprint density at radius 1 is 0.966 bits per heavy atom. The third-order valence-electron chi connectivity index (χ3n) is 3.90. The van der Waals surface area contributed by atoms with Gasteiger partial charge in [-0.2, -0.15) is 0 Å². The van der Waals surface area contributed by atoms with Gasteiger partial charge >= 0.3 is 0 Å². The molecule has 1 heterocycles. The summed E-state index contributed by atoms with van der Waals surface area (Å²) in [5.74, 6) is -0.0296. The highest BCUT2D eigenvalue weighted by molar-refractivity contribution is 6.42. The van der Waals surface area contributed by atoms with E-state index in [0.29, 0.717) is 29.5 Å². The van der Waals surface area contributed by atoms with Gasteiger partial charge in [0.15, 0.2) is 0 Å². The van der Waals surface area contributed by atoms with Crippen molar-refractivity contribution in [2.45, 2.75) is 13.2 Å². The molecule has 0 aliphatic carbocycles. The Kier molecular flexibility index (Phi) is 7.30. The fraction of sp³-hybridized carbons (Fsp3) is 0.143. The number of furan rings is 1. The van der Waals surface area contributed by atoms with Crippen molar-refractivity contribution in [1.29, 1.82) is 0 Å². The van der Waals surface area contributed by atoms with Crippen LogP contribution in [-0.4, -0.2) is 18.4 Å². The van der Waals surface area contributed by atoms with Gasteiger partial charge in [0.25, 0.3) is 5.91 Å². The summed E-state index contributed by atoms with van der Waals surface area (Å²) in [7, 11) is 0. The Balaban J connectivity index is 1.47. The molecular formula is C21H18Cl2N2O4. The quantitative estimate of drug-likeness (QED) is 0.541. The lowest BCUT2D eigenvalue weighted by atomic mass is 10.2. The third-order valence-corrected chi connectivity index (χ3v) is 4.63. The van der Waals surface area contributed by atoms with Crippen LogP contribution in [0.4, 0.5) is 5.69 Å². The molecule has 3 rings (SSSR count). The van der Waals surface area contributed by atoms with E-state index in [1.165, 1.54) is 18.2 Å². The molecule has 0 aliphatic heterocycles. The standard InChI is InChI=1S/C21H18Cl2N2O4/c22-18-7-6-15(10-19(18)23)21(27)24-11-20(26)25-16-4-1-3-14(9-16)12-28-13-17-5-2-8-29-17/h1-10H,11-13H2,(H,24,27)(H,25,26). The van der Waals surface area contributed by atoms with E-state index >= 15 is 0 Å². The first-order chi connectivity index (χ1) is 14.0. The topological polar surface area (TPSA) is 80.6 Å². The van der Waals surface area contributed by atoms with Crippen LogP contribution in [0.3, 0.4) is 0 Å². The maximum absolute atomic E-state index is 12.1. The predicted octanol–water partition coefficient (Wildman–Crippen LogP) is 4.67. The van der Waals surface area contributed by atoms with E-state index in [1.54, 1.807) is 24.5 Å². The summed E-state index contributed by atoms with van der Waals surface area (Å²) in [5, 5.41) is 5.91. The van der Waals surface area contributed by atoms with Crippen LogP contribution in [0.5, 0.6) is 0 Å². The molecule has 0 bridgehead atoms. The number of carbonyl (C=O) groups excluding carboxylic acids is 2. The van der Waals surface area contributed by atoms with Crippen molar-refractivity contribution in [3.05, 3.63) is 87.8 Å². The summed E-state index contributed by atoms with van der Waals surface area (Å²) in [6, 6.07) is 15.4. The molecule has 0 spiro atoms. The van der Waals surface area contributed by atoms with Crippen molar-refractivity contribution >= 4 is 40.7 Å². The lowest BCUT2D eigenvalue weighted by Crippen LogP contribution is -2.32. The summed E-state index contributed by atoms with van der Waals surface area (Å²) in [6.45, 7) is 0.557. The summed E-state index contributed by atoms with van der Waals surface area (Å²) in [6.07, 6.45) is 1.59. The molecule has 29 heavy (non-hydrogen) atoms. The molecule has 2 N–H and O–H groups in total. The molecular weight excluding hydrogens is 415 g/mol. The van der Waals surface area contributed by atoms with Gasteiger partial charge in [-0.15, -0.1) is 0 Å². The number of hydrogen-bond donors (Lipinski definition) is 2. The van der Waals surface area contributed by atoms with Gasteiger partial charge in [-0.05, 0) is 48.0 Å². The molecule has 0 fully saturated rings. The van der Waals surface area contributed by atoms with Gasteiger partial charge in [-0.3, -0.25) is 9.59 Å². The largest absolute Gasteiger partial charge is 0.467 e. The van der Waals surface area contributed by atoms with Crippen molar-refractivity contribution in [2.24, 2.45) is 0 Å². The van der Waals surface area contributed by atoms with Gasteiger partial charge < -0.3 is 19.8 Å². The number of benzene rings is 2. The summed E-state index contributed by atoms with van der Waals surface area (Å²) in [5.41, 5.74) is 1.83. The molecule has 0 radical (unpaired) electrons. The van der Waals surface area contributed by atoms with Crippen LogP contribution in [0.1, 0.15) is 21.7 Å². The second kappa shape index (κ2) is 10.1. The molecule has 3 aromatic rings. The molecule has 0 atom stereocenters. The highest BCUT2D eigenvalue weighted by Gasteiger charge is 2.10. The highest BCUT2D eigenvalue weighted by atomic mass is 35.5. The van der Waals surface area contributed by atoms with E-state index in [2.05, 4.69) is 10.6 Å². The second-order valence-electron chi connectivity index (χ2n) is 6.13. The van der Waals surface area contributed by atoms with Crippen LogP contribution in [0.15, 0.2) is 65.3 Å². The van der Waals surface area contributed by atoms with Gasteiger partial charge in [0, 0.05) is 11.3 Å². The minimum atomic E-state index is -0.418. The minimum absolute atomic E-state index is 0.182. The molecule has 0 saturated carbocycles.